The van der Waals surface area contributed by atoms with Crippen molar-refractivity contribution in [2.45, 2.75) is 39.0 Å². The lowest BCUT2D eigenvalue weighted by Gasteiger charge is -2.32. The predicted octanol–water partition coefficient (Wildman–Crippen LogP) is 8.23. The van der Waals surface area contributed by atoms with E-state index >= 15 is 0 Å². The van der Waals surface area contributed by atoms with Crippen LogP contribution in [-0.2, 0) is 0 Å². The molecule has 260 valence electrons. The van der Waals surface area contributed by atoms with E-state index in [1.165, 1.54) is 11.6 Å². The summed E-state index contributed by atoms with van der Waals surface area (Å²) in [6, 6.07) is 22.0. The smallest absolute Gasteiger partial charge is 0.255 e. The number of likely N-dealkylation sites (tertiary alicyclic amines) is 1. The topological polar surface area (TPSA) is 111 Å². The number of fused-ring (bicyclic) bond motifs is 1. The van der Waals surface area contributed by atoms with E-state index < -0.39 is 23.2 Å². The van der Waals surface area contributed by atoms with E-state index in [0.29, 0.717) is 58.1 Å². The number of nitrogen functional groups attached to an aromatic ring is 1. The number of hydrogen-bond acceptors (Lipinski definition) is 7. The van der Waals surface area contributed by atoms with Gasteiger partial charge in [-0.25, -0.2) is 23.7 Å². The van der Waals surface area contributed by atoms with Gasteiger partial charge in [-0.15, -0.1) is 0 Å². The number of pyridine rings is 1. The summed E-state index contributed by atoms with van der Waals surface area (Å²) in [5, 5.41) is 2.36. The molecule has 0 saturated carbocycles. The van der Waals surface area contributed by atoms with Gasteiger partial charge >= 0.3 is 0 Å². The van der Waals surface area contributed by atoms with Crippen molar-refractivity contribution in [3.8, 4) is 39.8 Å². The minimum absolute atomic E-state index is 0.187. The van der Waals surface area contributed by atoms with Crippen LogP contribution in [0.2, 0.25) is 0 Å². The maximum absolute atomic E-state index is 14.3. The van der Waals surface area contributed by atoms with Crippen molar-refractivity contribution in [3.63, 3.8) is 0 Å². The molecule has 0 unspecified atom stereocenters. The molecule has 1 aliphatic rings. The Morgan fingerprint density at radius 3 is 2.49 bits per heavy atom. The molecule has 1 fully saturated rings. The lowest BCUT2D eigenvalue weighted by Crippen LogP contribution is -2.33. The number of nitrogens with one attached hydrogen (secondary N) is 1. The number of aromatic nitrogens is 4. The summed E-state index contributed by atoms with van der Waals surface area (Å²) in [5.41, 5.74) is 11.4. The highest BCUT2D eigenvalue weighted by Gasteiger charge is 2.25. The summed E-state index contributed by atoms with van der Waals surface area (Å²) in [5.74, 6) is -0.792. The number of nitrogens with zero attached hydrogens (tertiary/aromatic N) is 5. The predicted molar refractivity (Wildman–Crippen MR) is 196 cm³/mol. The van der Waals surface area contributed by atoms with E-state index in [1.54, 1.807) is 24.4 Å². The van der Waals surface area contributed by atoms with Crippen LogP contribution in [0.5, 0.6) is 5.75 Å². The highest BCUT2D eigenvalue weighted by atomic mass is 19.1. The minimum Gasteiger partial charge on any atom is -0.493 e. The third-order valence-electron chi connectivity index (χ3n) is 9.32. The number of halogens is 2. The normalized spacial score (nSPS) is 13.8. The van der Waals surface area contributed by atoms with Gasteiger partial charge in [-0.2, -0.15) is 0 Å². The van der Waals surface area contributed by atoms with Gasteiger partial charge in [-0.05, 0) is 106 Å². The summed E-state index contributed by atoms with van der Waals surface area (Å²) >= 11 is 0. The zero-order valence-electron chi connectivity index (χ0n) is 28.6. The molecule has 9 nitrogen and oxygen atoms in total. The molecule has 3 N–H and O–H groups in total. The molecule has 1 amide bonds. The van der Waals surface area contributed by atoms with Gasteiger partial charge in [-0.1, -0.05) is 37.3 Å². The van der Waals surface area contributed by atoms with Crippen LogP contribution in [0.3, 0.4) is 0 Å². The number of rotatable bonds is 10. The van der Waals surface area contributed by atoms with Gasteiger partial charge in [-0.3, -0.25) is 9.20 Å². The second kappa shape index (κ2) is 14.7. The fourth-order valence-corrected chi connectivity index (χ4v) is 6.80. The molecule has 4 heterocycles. The third-order valence-corrected chi connectivity index (χ3v) is 9.32. The molecule has 1 saturated heterocycles. The molecule has 0 bridgehead atoms. The number of carbonyl (C=O) groups excluding carboxylic acids is 1. The van der Waals surface area contributed by atoms with E-state index in [-0.39, 0.29) is 5.56 Å². The highest BCUT2D eigenvalue weighted by Crippen LogP contribution is 2.39. The number of ether oxygens (including phenoxy) is 1. The average Bonchev–Trinajstić information content (AvgIpc) is 3.54. The molecule has 3 aromatic heterocycles. The van der Waals surface area contributed by atoms with Crippen molar-refractivity contribution in [1.29, 1.82) is 0 Å². The van der Waals surface area contributed by atoms with Crippen LogP contribution < -0.4 is 15.8 Å². The molecule has 0 spiro atoms. The quantitative estimate of drug-likeness (QED) is 0.149. The second-order valence-electron chi connectivity index (χ2n) is 12.7. The van der Waals surface area contributed by atoms with Gasteiger partial charge in [0, 0.05) is 17.3 Å². The van der Waals surface area contributed by atoms with E-state index in [4.69, 9.17) is 20.4 Å². The Morgan fingerprint density at radius 2 is 1.73 bits per heavy atom. The molecule has 7 rings (SSSR count). The van der Waals surface area contributed by atoms with Crippen LogP contribution in [0.4, 0.5) is 20.2 Å². The number of benzene rings is 3. The molecule has 3 aromatic carbocycles. The molecule has 11 heteroatoms. The number of para-hydroxylation sites is 1. The molecule has 0 aliphatic carbocycles. The third kappa shape index (κ3) is 6.89. The Kier molecular flexibility index (Phi) is 9.72. The summed E-state index contributed by atoms with van der Waals surface area (Å²) in [4.78, 5) is 30.3. The fraction of sp³-hybridized carbons (Fsp3) is 0.250. The SMILES string of the molecule is CCCN1CCC(c2ccc(-c3ncc(N)c(-c4c(-c5cccc(C(=O)Nc6c(F)cccc6F)c5)nc5ccccn45)n3)c(OCC)c2)CC1. The van der Waals surface area contributed by atoms with Gasteiger partial charge < -0.3 is 20.7 Å². The van der Waals surface area contributed by atoms with Crippen LogP contribution >= 0.6 is 0 Å². The Morgan fingerprint density at radius 1 is 0.941 bits per heavy atom. The molecule has 6 aromatic rings. The number of piperidine rings is 1. The summed E-state index contributed by atoms with van der Waals surface area (Å²) in [6.45, 7) is 7.99. The van der Waals surface area contributed by atoms with Gasteiger partial charge in [0.2, 0.25) is 0 Å². The van der Waals surface area contributed by atoms with Crippen molar-refractivity contribution in [2.24, 2.45) is 0 Å². The first-order valence-corrected chi connectivity index (χ1v) is 17.3. The van der Waals surface area contributed by atoms with Gasteiger partial charge in [0.1, 0.15) is 40.1 Å². The van der Waals surface area contributed by atoms with E-state index in [2.05, 4.69) is 34.3 Å². The Labute approximate surface area is 295 Å². The van der Waals surface area contributed by atoms with Gasteiger partial charge in [0.25, 0.3) is 5.91 Å². The van der Waals surface area contributed by atoms with Crippen LogP contribution in [0.1, 0.15) is 54.9 Å². The van der Waals surface area contributed by atoms with Crippen LogP contribution in [0.15, 0.2) is 91.3 Å². The largest absolute Gasteiger partial charge is 0.493 e. The van der Waals surface area contributed by atoms with Crippen LogP contribution in [0, 0.1) is 11.6 Å². The Bertz CT molecular complexity index is 2190. The zero-order valence-corrected chi connectivity index (χ0v) is 28.6. The van der Waals surface area contributed by atoms with Gasteiger partial charge in [0.05, 0.1) is 29.7 Å². The molecule has 1 aliphatic heterocycles. The van der Waals surface area contributed by atoms with Crippen molar-refractivity contribution in [3.05, 3.63) is 114 Å². The zero-order chi connectivity index (χ0) is 35.5. The number of nitrogens with two attached hydrogens (primary N) is 1. The Hall–Kier alpha value is -5.68. The van der Waals surface area contributed by atoms with E-state index in [1.807, 2.05) is 47.9 Å². The van der Waals surface area contributed by atoms with Crippen molar-refractivity contribution >= 4 is 22.9 Å². The maximum Gasteiger partial charge on any atom is 0.255 e. The standard InChI is InChI=1S/C40H39F2N7O2/c1-3-18-48-20-16-25(17-21-48)26-14-15-29(33(23-26)51-4-2)39-44-24-32(43)37(46-39)38-35(45-34-13-5-6-19-49(34)38)27-9-7-10-28(22-27)40(50)47-36-30(41)11-8-12-31(36)42/h5-15,19,22-25H,3-4,16-18,20-21,43H2,1-2H3,(H,47,50). The average molecular weight is 688 g/mol. The summed E-state index contributed by atoms with van der Waals surface area (Å²) in [6.07, 6.45) is 6.83. The van der Waals surface area contributed by atoms with Crippen molar-refractivity contribution < 1.29 is 18.3 Å². The molecular weight excluding hydrogens is 648 g/mol. The van der Waals surface area contributed by atoms with E-state index in [9.17, 15) is 13.6 Å². The van der Waals surface area contributed by atoms with Crippen LogP contribution in [-0.4, -0.2) is 56.4 Å². The summed E-state index contributed by atoms with van der Waals surface area (Å²) in [7, 11) is 0. The number of anilines is 2. The molecular formula is C40H39F2N7O2. The second-order valence-corrected chi connectivity index (χ2v) is 12.7. The molecule has 51 heavy (non-hydrogen) atoms. The number of amides is 1. The number of carbonyl (C=O) groups is 1. The first-order valence-electron chi connectivity index (χ1n) is 17.3. The number of imidazole rings is 1. The highest BCUT2D eigenvalue weighted by molar-refractivity contribution is 6.05. The lowest BCUT2D eigenvalue weighted by atomic mass is 9.88. The van der Waals surface area contributed by atoms with Gasteiger partial charge in [0.15, 0.2) is 5.82 Å². The van der Waals surface area contributed by atoms with Crippen LogP contribution in [0.25, 0.3) is 39.7 Å². The molecule has 0 radical (unpaired) electrons. The summed E-state index contributed by atoms with van der Waals surface area (Å²) < 4.78 is 36.7. The lowest BCUT2D eigenvalue weighted by molar-refractivity contribution is 0.102. The minimum atomic E-state index is -0.868. The van der Waals surface area contributed by atoms with Crippen molar-refractivity contribution in [2.75, 3.05) is 37.3 Å². The molecule has 0 atom stereocenters. The van der Waals surface area contributed by atoms with E-state index in [0.717, 1.165) is 56.6 Å². The maximum atomic E-state index is 14.3. The number of hydrogen-bond donors (Lipinski definition) is 2. The van der Waals surface area contributed by atoms with Crippen molar-refractivity contribution in [1.82, 2.24) is 24.3 Å². The fourth-order valence-electron chi connectivity index (χ4n) is 6.80. The first kappa shape index (κ1) is 33.8. The Balaban J connectivity index is 1.27. The first-order chi connectivity index (χ1) is 24.8. The monoisotopic (exact) mass is 687 g/mol.